The van der Waals surface area contributed by atoms with E-state index in [0.717, 1.165) is 13.1 Å². The molecule has 1 aromatic heterocycles. The molecule has 0 spiro atoms. The molecule has 2 aromatic rings. The van der Waals surface area contributed by atoms with Crippen LogP contribution in [0.2, 0.25) is 0 Å². The molecule has 1 nitrogen and oxygen atoms in total. The van der Waals surface area contributed by atoms with Crippen LogP contribution in [0.1, 0.15) is 16.5 Å². The Morgan fingerprint density at radius 1 is 1.28 bits per heavy atom. The summed E-state index contributed by atoms with van der Waals surface area (Å²) in [6.07, 6.45) is 0. The van der Waals surface area contributed by atoms with Crippen molar-refractivity contribution in [2.75, 3.05) is 7.11 Å². The first-order valence-electron chi connectivity index (χ1n) is 4.95. The van der Waals surface area contributed by atoms with Gasteiger partial charge in [0.15, 0.2) is 0 Å². The average molecular weight is 415 g/mol. The van der Waals surface area contributed by atoms with E-state index in [-0.39, 0.29) is 5.82 Å². The summed E-state index contributed by atoms with van der Waals surface area (Å²) in [6.45, 7) is 0. The van der Waals surface area contributed by atoms with Crippen LogP contribution < -0.4 is 4.74 Å². The maximum atomic E-state index is 13.3. The maximum Gasteiger partial charge on any atom is 0.124 e. The van der Waals surface area contributed by atoms with E-state index in [1.54, 1.807) is 13.2 Å². The fourth-order valence-electron chi connectivity index (χ4n) is 1.60. The van der Waals surface area contributed by atoms with Crippen molar-refractivity contribution in [3.63, 3.8) is 0 Å². The van der Waals surface area contributed by atoms with Crippen molar-refractivity contribution in [1.29, 1.82) is 0 Å². The van der Waals surface area contributed by atoms with Gasteiger partial charge in [-0.3, -0.25) is 0 Å². The molecule has 0 bridgehead atoms. The van der Waals surface area contributed by atoms with Crippen LogP contribution >= 0.6 is 54.8 Å². The Morgan fingerprint density at radius 2 is 2.00 bits per heavy atom. The number of hydrogen-bond acceptors (Lipinski definition) is 2. The molecular formula is C12H8Br2ClFOS. The molecule has 0 amide bonds. The lowest BCUT2D eigenvalue weighted by atomic mass is 10.1. The molecule has 0 radical (unpaired) electrons. The van der Waals surface area contributed by atoms with E-state index in [1.165, 1.54) is 23.5 Å². The summed E-state index contributed by atoms with van der Waals surface area (Å²) in [7, 11) is 1.54. The van der Waals surface area contributed by atoms with Crippen molar-refractivity contribution in [2.45, 2.75) is 5.38 Å². The molecule has 1 heterocycles. The lowest BCUT2D eigenvalue weighted by molar-refractivity contribution is 0.409. The number of ether oxygens (including phenoxy) is 1. The monoisotopic (exact) mass is 412 g/mol. The normalized spacial score (nSPS) is 12.5. The fraction of sp³-hybridized carbons (Fsp3) is 0.167. The van der Waals surface area contributed by atoms with Gasteiger partial charge in [-0.2, -0.15) is 0 Å². The van der Waals surface area contributed by atoms with Gasteiger partial charge in [0.05, 0.1) is 20.1 Å². The minimum absolute atomic E-state index is 0.332. The molecule has 0 aliphatic carbocycles. The maximum absolute atomic E-state index is 13.3. The first-order valence-corrected chi connectivity index (χ1v) is 7.79. The summed E-state index contributed by atoms with van der Waals surface area (Å²) in [4.78, 5) is 0. The summed E-state index contributed by atoms with van der Waals surface area (Å²) >= 11 is 14.8. The summed E-state index contributed by atoms with van der Waals surface area (Å²) in [5.74, 6) is 0.243. The molecule has 96 valence electrons. The summed E-state index contributed by atoms with van der Waals surface area (Å²) in [6, 6.07) is 6.24. The van der Waals surface area contributed by atoms with E-state index in [4.69, 9.17) is 16.3 Å². The van der Waals surface area contributed by atoms with Crippen molar-refractivity contribution in [1.82, 2.24) is 0 Å². The van der Waals surface area contributed by atoms with Crippen LogP contribution in [0.4, 0.5) is 4.39 Å². The minimum atomic E-state index is -0.465. The summed E-state index contributed by atoms with van der Waals surface area (Å²) < 4.78 is 20.4. The van der Waals surface area contributed by atoms with E-state index < -0.39 is 5.38 Å². The second-order valence-corrected chi connectivity index (χ2v) is 7.71. The van der Waals surface area contributed by atoms with E-state index in [0.29, 0.717) is 11.3 Å². The van der Waals surface area contributed by atoms with Crippen molar-refractivity contribution in [3.8, 4) is 5.75 Å². The van der Waals surface area contributed by atoms with Gasteiger partial charge >= 0.3 is 0 Å². The molecule has 1 aromatic carbocycles. The summed E-state index contributed by atoms with van der Waals surface area (Å²) in [5.41, 5.74) is 1.50. The molecule has 1 unspecified atom stereocenters. The Bertz CT molecular complexity index is 573. The number of hydrogen-bond donors (Lipinski definition) is 0. The highest BCUT2D eigenvalue weighted by atomic mass is 79.9. The predicted octanol–water partition coefficient (Wildman–Crippen LogP) is 5.75. The third-order valence-electron chi connectivity index (χ3n) is 2.42. The number of alkyl halides is 1. The summed E-state index contributed by atoms with van der Waals surface area (Å²) in [5, 5.41) is -0.465. The molecule has 2 rings (SSSR count). The zero-order chi connectivity index (χ0) is 13.3. The fourth-order valence-corrected chi connectivity index (χ4v) is 5.04. The quantitative estimate of drug-likeness (QED) is 0.581. The molecule has 18 heavy (non-hydrogen) atoms. The molecule has 0 aliphatic heterocycles. The molecule has 6 heteroatoms. The smallest absolute Gasteiger partial charge is 0.124 e. The van der Waals surface area contributed by atoms with Crippen molar-refractivity contribution in [2.24, 2.45) is 0 Å². The Balaban J connectivity index is 2.48. The van der Waals surface area contributed by atoms with Gasteiger partial charge in [-0.25, -0.2) is 4.39 Å². The van der Waals surface area contributed by atoms with Crippen LogP contribution in [0.15, 0.2) is 31.8 Å². The highest BCUT2D eigenvalue weighted by Gasteiger charge is 2.20. The van der Waals surface area contributed by atoms with Gasteiger partial charge < -0.3 is 4.74 Å². The van der Waals surface area contributed by atoms with Crippen molar-refractivity contribution < 1.29 is 9.13 Å². The first kappa shape index (κ1) is 14.3. The molecule has 0 N–H and O–H groups in total. The topological polar surface area (TPSA) is 9.23 Å². The third-order valence-corrected chi connectivity index (χ3v) is 5.28. The number of methoxy groups -OCH3 is 1. The van der Waals surface area contributed by atoms with Gasteiger partial charge in [-0.15, -0.1) is 22.9 Å². The van der Waals surface area contributed by atoms with E-state index in [9.17, 15) is 4.39 Å². The lowest BCUT2D eigenvalue weighted by Gasteiger charge is -2.13. The van der Waals surface area contributed by atoms with Gasteiger partial charge in [0.2, 0.25) is 0 Å². The number of benzene rings is 1. The Kier molecular flexibility index (Phi) is 4.69. The molecule has 0 aliphatic rings. The van der Waals surface area contributed by atoms with Crippen LogP contribution in [0.5, 0.6) is 5.75 Å². The zero-order valence-corrected chi connectivity index (χ0v) is 14.0. The van der Waals surface area contributed by atoms with Crippen LogP contribution in [0.3, 0.4) is 0 Å². The van der Waals surface area contributed by atoms with Gasteiger partial charge in [-0.1, -0.05) is 0 Å². The molecule has 1 atom stereocenters. The van der Waals surface area contributed by atoms with Crippen LogP contribution in [0, 0.1) is 5.82 Å². The second-order valence-electron chi connectivity index (χ2n) is 3.53. The number of rotatable bonds is 3. The Hall–Kier alpha value is -0.100. The van der Waals surface area contributed by atoms with Crippen LogP contribution in [0.25, 0.3) is 0 Å². The average Bonchev–Trinajstić information content (AvgIpc) is 2.67. The third kappa shape index (κ3) is 2.90. The first-order chi connectivity index (χ1) is 8.52. The van der Waals surface area contributed by atoms with Gasteiger partial charge in [0.1, 0.15) is 11.6 Å². The standard InChI is InChI=1S/C12H8Br2ClFOS/c1-17-9-3-2-6(16)4-7(9)11(15)8-5-10(13)18-12(8)14/h2-5,11H,1H3. The van der Waals surface area contributed by atoms with Crippen molar-refractivity contribution in [3.05, 3.63) is 48.8 Å². The minimum Gasteiger partial charge on any atom is -0.496 e. The molecule has 0 fully saturated rings. The lowest BCUT2D eigenvalue weighted by Crippen LogP contribution is -1.98. The number of thiophene rings is 1. The Morgan fingerprint density at radius 3 is 2.56 bits per heavy atom. The highest BCUT2D eigenvalue weighted by Crippen LogP contribution is 2.43. The Labute approximate surface area is 130 Å². The second kappa shape index (κ2) is 5.90. The number of halogens is 4. The van der Waals surface area contributed by atoms with E-state index in [1.807, 2.05) is 6.07 Å². The van der Waals surface area contributed by atoms with Crippen molar-refractivity contribution >= 4 is 54.8 Å². The molecule has 0 saturated carbocycles. The predicted molar refractivity (Wildman–Crippen MR) is 80.4 cm³/mol. The van der Waals surface area contributed by atoms with Gasteiger partial charge in [-0.05, 0) is 56.1 Å². The van der Waals surface area contributed by atoms with Gasteiger partial charge in [0, 0.05) is 11.1 Å². The van der Waals surface area contributed by atoms with E-state index >= 15 is 0 Å². The van der Waals surface area contributed by atoms with E-state index in [2.05, 4.69) is 31.9 Å². The largest absolute Gasteiger partial charge is 0.496 e. The van der Waals surface area contributed by atoms with Crippen LogP contribution in [-0.2, 0) is 0 Å². The molecule has 0 saturated heterocycles. The SMILES string of the molecule is COc1ccc(F)cc1C(Cl)c1cc(Br)sc1Br. The highest BCUT2D eigenvalue weighted by molar-refractivity contribution is 9.12. The van der Waals surface area contributed by atoms with Gasteiger partial charge in [0.25, 0.3) is 0 Å². The molecular weight excluding hydrogens is 406 g/mol. The zero-order valence-electron chi connectivity index (χ0n) is 9.22. The van der Waals surface area contributed by atoms with Crippen LogP contribution in [-0.4, -0.2) is 7.11 Å².